The number of halogens is 3. The summed E-state index contributed by atoms with van der Waals surface area (Å²) in [6.45, 7) is 3.48. The molecule has 1 heterocycles. The zero-order valence-corrected chi connectivity index (χ0v) is 8.75. The average molecular weight is 236 g/mol. The number of rotatable bonds is 3. The number of carboxylic acids is 1. The van der Waals surface area contributed by atoms with Gasteiger partial charge in [0.2, 0.25) is 0 Å². The minimum Gasteiger partial charge on any atom is -0.476 e. The van der Waals surface area contributed by atoms with Gasteiger partial charge in [-0.05, 0) is 5.92 Å². The van der Waals surface area contributed by atoms with E-state index in [2.05, 4.69) is 5.10 Å². The molecule has 0 bridgehead atoms. The molecule has 0 spiro atoms. The molecule has 0 aliphatic rings. The maximum atomic E-state index is 12.5. The van der Waals surface area contributed by atoms with Crippen LogP contribution in [0.2, 0.25) is 0 Å². The SMILES string of the molecule is CC(C)Cn1nc(C(=O)O)cc1C(F)(F)F. The minimum atomic E-state index is -4.59. The molecular weight excluding hydrogens is 225 g/mol. The highest BCUT2D eigenvalue weighted by molar-refractivity contribution is 5.85. The van der Waals surface area contributed by atoms with E-state index in [0.717, 1.165) is 0 Å². The van der Waals surface area contributed by atoms with Gasteiger partial charge in [-0.25, -0.2) is 4.79 Å². The highest BCUT2D eigenvalue weighted by Crippen LogP contribution is 2.30. The number of nitrogens with zero attached hydrogens (tertiary/aromatic N) is 2. The van der Waals surface area contributed by atoms with Gasteiger partial charge in [0.25, 0.3) is 0 Å². The van der Waals surface area contributed by atoms with Gasteiger partial charge in [-0.1, -0.05) is 13.8 Å². The maximum absolute atomic E-state index is 12.5. The Morgan fingerprint density at radius 3 is 2.50 bits per heavy atom. The van der Waals surface area contributed by atoms with Crippen molar-refractivity contribution in [1.29, 1.82) is 0 Å². The molecule has 0 radical (unpaired) electrons. The minimum absolute atomic E-state index is 0.0299. The molecule has 4 nitrogen and oxygen atoms in total. The summed E-state index contributed by atoms with van der Waals surface area (Å²) in [6.07, 6.45) is -4.59. The van der Waals surface area contributed by atoms with E-state index in [1.54, 1.807) is 13.8 Å². The Bertz CT molecular complexity index is 396. The summed E-state index contributed by atoms with van der Waals surface area (Å²) in [5.74, 6) is -1.52. The first-order chi connectivity index (χ1) is 7.21. The second-order valence-electron chi connectivity index (χ2n) is 3.79. The Kier molecular flexibility index (Phi) is 3.25. The van der Waals surface area contributed by atoms with Crippen LogP contribution < -0.4 is 0 Å². The molecule has 0 saturated carbocycles. The van der Waals surface area contributed by atoms with Gasteiger partial charge in [0.1, 0.15) is 5.69 Å². The van der Waals surface area contributed by atoms with Crippen molar-refractivity contribution >= 4 is 5.97 Å². The van der Waals surface area contributed by atoms with Crippen molar-refractivity contribution in [2.75, 3.05) is 0 Å². The lowest BCUT2D eigenvalue weighted by Crippen LogP contribution is -2.17. The summed E-state index contributed by atoms with van der Waals surface area (Å²) < 4.78 is 38.3. The fourth-order valence-electron chi connectivity index (χ4n) is 1.23. The van der Waals surface area contributed by atoms with Gasteiger partial charge in [-0.2, -0.15) is 18.3 Å². The number of alkyl halides is 3. The fraction of sp³-hybridized carbons (Fsp3) is 0.556. The van der Waals surface area contributed by atoms with Crippen molar-refractivity contribution < 1.29 is 23.1 Å². The van der Waals surface area contributed by atoms with Crippen molar-refractivity contribution in [1.82, 2.24) is 9.78 Å². The summed E-state index contributed by atoms with van der Waals surface area (Å²) in [5.41, 5.74) is -1.62. The Labute approximate surface area is 89.7 Å². The lowest BCUT2D eigenvalue weighted by atomic mass is 10.2. The van der Waals surface area contributed by atoms with Crippen LogP contribution in [-0.2, 0) is 12.7 Å². The third-order valence-corrected chi connectivity index (χ3v) is 1.83. The van der Waals surface area contributed by atoms with E-state index in [1.807, 2.05) is 0 Å². The first-order valence-corrected chi connectivity index (χ1v) is 4.60. The Hall–Kier alpha value is -1.53. The third kappa shape index (κ3) is 2.74. The second-order valence-corrected chi connectivity index (χ2v) is 3.79. The molecule has 0 aromatic carbocycles. The van der Waals surface area contributed by atoms with Gasteiger partial charge in [0, 0.05) is 12.6 Å². The second kappa shape index (κ2) is 4.15. The van der Waals surface area contributed by atoms with Crippen molar-refractivity contribution in [3.63, 3.8) is 0 Å². The molecular formula is C9H11F3N2O2. The van der Waals surface area contributed by atoms with Gasteiger partial charge in [-0.15, -0.1) is 0 Å². The zero-order chi connectivity index (χ0) is 12.5. The number of aromatic carboxylic acids is 1. The summed E-state index contributed by atoms with van der Waals surface area (Å²) in [7, 11) is 0. The van der Waals surface area contributed by atoms with Crippen LogP contribution in [0.4, 0.5) is 13.2 Å². The van der Waals surface area contributed by atoms with Crippen LogP contribution in [-0.4, -0.2) is 20.9 Å². The molecule has 1 rings (SSSR count). The normalized spacial score (nSPS) is 12.1. The summed E-state index contributed by atoms with van der Waals surface area (Å²) >= 11 is 0. The molecule has 0 saturated heterocycles. The first-order valence-electron chi connectivity index (χ1n) is 4.60. The van der Waals surface area contributed by atoms with E-state index >= 15 is 0 Å². The van der Waals surface area contributed by atoms with Crippen LogP contribution in [0.25, 0.3) is 0 Å². The summed E-state index contributed by atoms with van der Waals surface area (Å²) in [5, 5.41) is 12.0. The quantitative estimate of drug-likeness (QED) is 0.875. The summed E-state index contributed by atoms with van der Waals surface area (Å²) in [4.78, 5) is 10.5. The number of hydrogen-bond donors (Lipinski definition) is 1. The van der Waals surface area contributed by atoms with Crippen molar-refractivity contribution in [3.8, 4) is 0 Å². The van der Waals surface area contributed by atoms with E-state index in [1.165, 1.54) is 0 Å². The van der Waals surface area contributed by atoms with Gasteiger partial charge >= 0.3 is 12.1 Å². The molecule has 90 valence electrons. The highest BCUT2D eigenvalue weighted by atomic mass is 19.4. The van der Waals surface area contributed by atoms with Crippen molar-refractivity contribution in [2.45, 2.75) is 26.6 Å². The number of carboxylic acid groups (broad SMARTS) is 1. The van der Waals surface area contributed by atoms with E-state index in [0.29, 0.717) is 10.7 Å². The van der Waals surface area contributed by atoms with E-state index in [-0.39, 0.29) is 12.5 Å². The molecule has 0 aliphatic heterocycles. The average Bonchev–Trinajstić information content (AvgIpc) is 2.45. The largest absolute Gasteiger partial charge is 0.476 e. The van der Waals surface area contributed by atoms with Crippen LogP contribution >= 0.6 is 0 Å². The lowest BCUT2D eigenvalue weighted by Gasteiger charge is -2.11. The molecule has 0 amide bonds. The van der Waals surface area contributed by atoms with Crippen molar-refractivity contribution in [3.05, 3.63) is 17.5 Å². The fourth-order valence-corrected chi connectivity index (χ4v) is 1.23. The molecule has 0 unspecified atom stereocenters. The molecule has 0 aliphatic carbocycles. The summed E-state index contributed by atoms with van der Waals surface area (Å²) in [6, 6.07) is 0.546. The molecule has 1 N–H and O–H groups in total. The monoisotopic (exact) mass is 236 g/mol. The maximum Gasteiger partial charge on any atom is 0.433 e. The smallest absolute Gasteiger partial charge is 0.433 e. The van der Waals surface area contributed by atoms with Gasteiger partial charge in [0.15, 0.2) is 5.69 Å². The number of aromatic nitrogens is 2. The molecule has 0 fully saturated rings. The van der Waals surface area contributed by atoms with Crippen molar-refractivity contribution in [2.24, 2.45) is 5.92 Å². The molecule has 7 heteroatoms. The standard InChI is InChI=1S/C9H11F3N2O2/c1-5(2)4-14-7(9(10,11)12)3-6(13-14)8(15)16/h3,5H,4H2,1-2H3,(H,15,16). The number of carbonyl (C=O) groups is 1. The zero-order valence-electron chi connectivity index (χ0n) is 8.75. The van der Waals surface area contributed by atoms with Gasteiger partial charge in [-0.3, -0.25) is 4.68 Å². The Morgan fingerprint density at radius 1 is 1.56 bits per heavy atom. The molecule has 1 aromatic heterocycles. The van der Waals surface area contributed by atoms with Gasteiger partial charge < -0.3 is 5.11 Å². The predicted octanol–water partition coefficient (Wildman–Crippen LogP) is 2.26. The molecule has 1 aromatic rings. The molecule has 0 atom stereocenters. The van der Waals surface area contributed by atoms with Crippen LogP contribution in [0.5, 0.6) is 0 Å². The van der Waals surface area contributed by atoms with Gasteiger partial charge in [0.05, 0.1) is 0 Å². The van der Waals surface area contributed by atoms with E-state index in [9.17, 15) is 18.0 Å². The van der Waals surface area contributed by atoms with Crippen LogP contribution in [0, 0.1) is 5.92 Å². The highest BCUT2D eigenvalue weighted by Gasteiger charge is 2.36. The Balaban J connectivity index is 3.18. The van der Waals surface area contributed by atoms with E-state index in [4.69, 9.17) is 5.11 Å². The van der Waals surface area contributed by atoms with Crippen LogP contribution in [0.3, 0.4) is 0 Å². The molecule has 16 heavy (non-hydrogen) atoms. The predicted molar refractivity (Wildman–Crippen MR) is 49.0 cm³/mol. The van der Waals surface area contributed by atoms with E-state index < -0.39 is 23.5 Å². The lowest BCUT2D eigenvalue weighted by molar-refractivity contribution is -0.144. The van der Waals surface area contributed by atoms with Crippen LogP contribution in [0.15, 0.2) is 6.07 Å². The van der Waals surface area contributed by atoms with Crippen LogP contribution in [0.1, 0.15) is 30.0 Å². The third-order valence-electron chi connectivity index (χ3n) is 1.83. The number of hydrogen-bond acceptors (Lipinski definition) is 2. The topological polar surface area (TPSA) is 55.1 Å². The first kappa shape index (κ1) is 12.5. The Morgan fingerprint density at radius 2 is 2.12 bits per heavy atom.